The van der Waals surface area contributed by atoms with Crippen molar-refractivity contribution in [2.75, 3.05) is 7.11 Å². The maximum absolute atomic E-state index is 12.3. The highest BCUT2D eigenvalue weighted by atomic mass is 16.6. The second-order valence-corrected chi connectivity index (χ2v) is 9.79. The number of aliphatic carboxylic acids is 1. The number of carboxylic acids is 1. The molecule has 0 spiro atoms. The summed E-state index contributed by atoms with van der Waals surface area (Å²) in [6.07, 6.45) is 5.53. The molecule has 10 nitrogen and oxygen atoms in total. The summed E-state index contributed by atoms with van der Waals surface area (Å²) < 4.78 is 10.5. The average Bonchev–Trinajstić information content (AvgIpc) is 3.51. The maximum Gasteiger partial charge on any atom is 0.331 e. The van der Waals surface area contributed by atoms with Gasteiger partial charge in [0.25, 0.3) is 5.69 Å². The Morgan fingerprint density at radius 2 is 1.56 bits per heavy atom. The molecule has 5 aromatic rings. The summed E-state index contributed by atoms with van der Waals surface area (Å²) in [5.41, 5.74) is 5.17. The number of carbonyl (C=O) groups is 2. The van der Waals surface area contributed by atoms with Gasteiger partial charge in [-0.1, -0.05) is 72.8 Å². The highest BCUT2D eigenvalue weighted by Gasteiger charge is 2.21. The minimum atomic E-state index is -1.05. The number of nitrogens with zero attached hydrogens (tertiary/aromatic N) is 2. The monoisotopic (exact) mass is 601 g/mol. The fourth-order valence-electron chi connectivity index (χ4n) is 4.56. The molecule has 1 aromatic heterocycles. The van der Waals surface area contributed by atoms with E-state index in [-0.39, 0.29) is 12.3 Å². The molecule has 10 heteroatoms. The van der Waals surface area contributed by atoms with E-state index >= 15 is 0 Å². The van der Waals surface area contributed by atoms with E-state index in [0.717, 1.165) is 28.3 Å². The van der Waals surface area contributed by atoms with Crippen molar-refractivity contribution in [3.63, 3.8) is 0 Å². The average molecular weight is 602 g/mol. The van der Waals surface area contributed by atoms with Crippen molar-refractivity contribution >= 4 is 29.8 Å². The Morgan fingerprint density at radius 3 is 2.22 bits per heavy atom. The number of nitrogens with one attached hydrogen (secondary N) is 1. The van der Waals surface area contributed by atoms with E-state index in [2.05, 4.69) is 4.98 Å². The number of hydrogen-bond acceptors (Lipinski definition) is 7. The standard InChI is InChI=1S/C35H27N3O7/c1-44-28-6-4-5-25(21-28)22-45-32(41)20-14-24-11-17-27(18-12-24)34-33(26-15-9-23(10-16-26)13-19-31(39)40)36-35(37-34)29-7-2-3-8-30(29)38(42)43/h2-21H,22H2,1H3,(H,36,37)(H,39,40)/b19-13+,20-14+. The Morgan fingerprint density at radius 1 is 0.889 bits per heavy atom. The van der Waals surface area contributed by atoms with Crippen LogP contribution < -0.4 is 4.74 Å². The van der Waals surface area contributed by atoms with E-state index in [1.807, 2.05) is 42.5 Å². The number of imidazole rings is 1. The Bertz CT molecular complexity index is 1910. The maximum atomic E-state index is 12.3. The SMILES string of the molecule is COc1cccc(COC(=O)/C=C/c2ccc(-c3[nH]c(-c4ccccc4[N+](=O)[O-])nc3-c3ccc(/C=C/C(=O)O)cc3)cc2)c1. The molecule has 0 bridgehead atoms. The first-order valence-corrected chi connectivity index (χ1v) is 13.7. The van der Waals surface area contributed by atoms with Gasteiger partial charge in [0.2, 0.25) is 0 Å². The molecule has 2 N–H and O–H groups in total. The summed E-state index contributed by atoms with van der Waals surface area (Å²) in [6, 6.07) is 28.1. The lowest BCUT2D eigenvalue weighted by Crippen LogP contribution is -2.00. The molecule has 1 heterocycles. The zero-order valence-corrected chi connectivity index (χ0v) is 24.0. The van der Waals surface area contributed by atoms with Crippen molar-refractivity contribution in [1.29, 1.82) is 0 Å². The molecule has 0 aliphatic heterocycles. The highest BCUT2D eigenvalue weighted by molar-refractivity contribution is 5.88. The molecule has 0 saturated carbocycles. The number of carboxylic acid groups (broad SMARTS) is 1. The summed E-state index contributed by atoms with van der Waals surface area (Å²) >= 11 is 0. The summed E-state index contributed by atoms with van der Waals surface area (Å²) in [6.45, 7) is 0.112. The van der Waals surface area contributed by atoms with Gasteiger partial charge in [-0.25, -0.2) is 14.6 Å². The van der Waals surface area contributed by atoms with Gasteiger partial charge in [0.15, 0.2) is 0 Å². The van der Waals surface area contributed by atoms with E-state index in [9.17, 15) is 19.7 Å². The second kappa shape index (κ2) is 13.8. The van der Waals surface area contributed by atoms with Crippen molar-refractivity contribution in [2.24, 2.45) is 0 Å². The number of benzene rings is 4. The predicted molar refractivity (Wildman–Crippen MR) is 170 cm³/mol. The van der Waals surface area contributed by atoms with E-state index < -0.39 is 16.9 Å². The van der Waals surface area contributed by atoms with Crippen LogP contribution >= 0.6 is 0 Å². The van der Waals surface area contributed by atoms with E-state index in [4.69, 9.17) is 19.6 Å². The van der Waals surface area contributed by atoms with Crippen LogP contribution in [-0.2, 0) is 20.9 Å². The zero-order chi connectivity index (χ0) is 31.8. The molecule has 224 valence electrons. The number of aromatic nitrogens is 2. The lowest BCUT2D eigenvalue weighted by Gasteiger charge is -2.05. The van der Waals surface area contributed by atoms with Gasteiger partial charge < -0.3 is 19.6 Å². The molecule has 5 rings (SSSR count). The van der Waals surface area contributed by atoms with Crippen molar-refractivity contribution in [3.05, 3.63) is 136 Å². The second-order valence-electron chi connectivity index (χ2n) is 9.79. The summed E-state index contributed by atoms with van der Waals surface area (Å²) in [5, 5.41) is 20.7. The lowest BCUT2D eigenvalue weighted by molar-refractivity contribution is -0.384. The zero-order valence-electron chi connectivity index (χ0n) is 24.0. The Labute approximate surface area is 258 Å². The minimum absolute atomic E-state index is 0.0859. The number of carbonyl (C=O) groups excluding carboxylic acids is 1. The number of esters is 1. The quantitative estimate of drug-likeness (QED) is 0.0701. The van der Waals surface area contributed by atoms with E-state index in [1.165, 1.54) is 18.2 Å². The molecule has 45 heavy (non-hydrogen) atoms. The lowest BCUT2D eigenvalue weighted by atomic mass is 10.0. The molecule has 0 fully saturated rings. The van der Waals surface area contributed by atoms with Gasteiger partial charge in [0.05, 0.1) is 29.0 Å². The molecular weight excluding hydrogens is 574 g/mol. The predicted octanol–water partition coefficient (Wildman–Crippen LogP) is 7.18. The van der Waals surface area contributed by atoms with Crippen molar-refractivity contribution in [1.82, 2.24) is 9.97 Å². The minimum Gasteiger partial charge on any atom is -0.497 e. The molecule has 0 saturated heterocycles. The van der Waals surface area contributed by atoms with Gasteiger partial charge in [-0.2, -0.15) is 0 Å². The third kappa shape index (κ3) is 7.57. The number of H-pyrrole nitrogens is 1. The first-order valence-electron chi connectivity index (χ1n) is 13.7. The molecule has 0 radical (unpaired) electrons. The van der Waals surface area contributed by atoms with Crippen molar-refractivity contribution in [2.45, 2.75) is 6.61 Å². The van der Waals surface area contributed by atoms with Gasteiger partial charge in [-0.15, -0.1) is 0 Å². The molecule has 0 aliphatic rings. The first-order chi connectivity index (χ1) is 21.8. The smallest absolute Gasteiger partial charge is 0.331 e. The van der Waals surface area contributed by atoms with Gasteiger partial charge >= 0.3 is 11.9 Å². The molecule has 0 unspecified atom stereocenters. The number of aromatic amines is 1. The Hall–Kier alpha value is -6.29. The number of hydrogen-bond donors (Lipinski definition) is 2. The number of nitro benzene ring substituents is 1. The van der Waals surface area contributed by atoms with Gasteiger partial charge in [0, 0.05) is 29.3 Å². The van der Waals surface area contributed by atoms with Crippen LogP contribution in [0.15, 0.2) is 109 Å². The first kappa shape index (κ1) is 30.2. The van der Waals surface area contributed by atoms with Crippen LogP contribution in [0.1, 0.15) is 16.7 Å². The normalized spacial score (nSPS) is 11.1. The number of ether oxygens (including phenoxy) is 2. The van der Waals surface area contributed by atoms with Crippen LogP contribution in [0, 0.1) is 10.1 Å². The number of methoxy groups -OCH3 is 1. The van der Waals surface area contributed by atoms with Crippen LogP contribution in [-0.4, -0.2) is 39.0 Å². The van der Waals surface area contributed by atoms with Crippen molar-refractivity contribution < 1.29 is 29.1 Å². The van der Waals surface area contributed by atoms with Gasteiger partial charge in [0.1, 0.15) is 18.2 Å². The van der Waals surface area contributed by atoms with Crippen molar-refractivity contribution in [3.8, 4) is 39.7 Å². The van der Waals surface area contributed by atoms with Crippen LogP contribution in [0.2, 0.25) is 0 Å². The highest BCUT2D eigenvalue weighted by Crippen LogP contribution is 2.36. The number of para-hydroxylation sites is 1. The number of rotatable bonds is 11. The van der Waals surface area contributed by atoms with Crippen LogP contribution in [0.25, 0.3) is 46.1 Å². The molecular formula is C35H27N3O7. The number of nitro groups is 1. The van der Waals surface area contributed by atoms with Gasteiger partial charge in [-0.05, 0) is 47.0 Å². The summed E-state index contributed by atoms with van der Waals surface area (Å²) in [5.74, 6) is -0.539. The summed E-state index contributed by atoms with van der Waals surface area (Å²) in [7, 11) is 1.57. The third-order valence-electron chi connectivity index (χ3n) is 6.79. The molecule has 0 aliphatic carbocycles. The van der Waals surface area contributed by atoms with E-state index in [0.29, 0.717) is 34.1 Å². The molecule has 0 atom stereocenters. The third-order valence-corrected chi connectivity index (χ3v) is 6.79. The van der Waals surface area contributed by atoms with Gasteiger partial charge in [-0.3, -0.25) is 10.1 Å². The van der Waals surface area contributed by atoms with Crippen LogP contribution in [0.3, 0.4) is 0 Å². The largest absolute Gasteiger partial charge is 0.497 e. The molecule has 4 aromatic carbocycles. The molecule has 0 amide bonds. The van der Waals surface area contributed by atoms with Crippen LogP contribution in [0.4, 0.5) is 5.69 Å². The topological polar surface area (TPSA) is 145 Å². The fraction of sp³-hybridized carbons (Fsp3) is 0.0571. The summed E-state index contributed by atoms with van der Waals surface area (Å²) in [4.78, 5) is 42.5. The fourth-order valence-corrected chi connectivity index (χ4v) is 4.56. The van der Waals surface area contributed by atoms with E-state index in [1.54, 1.807) is 61.7 Å². The van der Waals surface area contributed by atoms with Crippen LogP contribution in [0.5, 0.6) is 5.75 Å². The Balaban J connectivity index is 1.41. The Kier molecular flexibility index (Phi) is 9.25.